The van der Waals surface area contributed by atoms with Crippen LogP contribution in [-0.4, -0.2) is 10.8 Å². The lowest BCUT2D eigenvalue weighted by molar-refractivity contribution is -0.385. The Morgan fingerprint density at radius 2 is 1.96 bits per heavy atom. The van der Waals surface area contributed by atoms with Crippen LogP contribution in [0.2, 0.25) is 0 Å². The van der Waals surface area contributed by atoms with Gasteiger partial charge < -0.3 is 5.32 Å². The molecule has 1 amide bonds. The number of amides is 1. The van der Waals surface area contributed by atoms with E-state index in [0.29, 0.717) is 16.8 Å². The van der Waals surface area contributed by atoms with Crippen molar-refractivity contribution in [2.75, 3.05) is 5.32 Å². The highest BCUT2D eigenvalue weighted by atomic mass is 79.9. The van der Waals surface area contributed by atoms with Crippen LogP contribution in [0.25, 0.3) is 6.08 Å². The number of nitro groups is 1. The Bertz CT molecular complexity index is 868. The molecule has 6 nitrogen and oxygen atoms in total. The lowest BCUT2D eigenvalue weighted by atomic mass is 10.1. The molecule has 0 heterocycles. The predicted octanol–water partition coefficient (Wildman–Crippen LogP) is 4.21. The Hall–Kier alpha value is -2.98. The van der Waals surface area contributed by atoms with Gasteiger partial charge >= 0.3 is 0 Å². The largest absolute Gasteiger partial charge is 0.321 e. The third-order valence-electron chi connectivity index (χ3n) is 3.21. The molecule has 0 aromatic heterocycles. The van der Waals surface area contributed by atoms with Crippen LogP contribution >= 0.6 is 15.9 Å². The fraction of sp³-hybridized carbons (Fsp3) is 0.0588. The summed E-state index contributed by atoms with van der Waals surface area (Å²) in [5.41, 5.74) is 1.26. The van der Waals surface area contributed by atoms with Crippen LogP contribution in [0, 0.1) is 28.4 Å². The summed E-state index contributed by atoms with van der Waals surface area (Å²) in [5.74, 6) is -0.581. The average molecular weight is 386 g/mol. The monoisotopic (exact) mass is 385 g/mol. The molecule has 1 N–H and O–H groups in total. The van der Waals surface area contributed by atoms with Gasteiger partial charge in [-0.25, -0.2) is 0 Å². The standard InChI is InChI=1S/C17H12BrN3O3/c1-11-2-3-12(9-16(11)21(23)24)8-13(10-19)17(22)20-15-6-4-14(18)5-7-15/h2-9H,1H3,(H,20,22)/b13-8-. The molecule has 0 aliphatic carbocycles. The lowest BCUT2D eigenvalue weighted by Crippen LogP contribution is -2.13. The van der Waals surface area contributed by atoms with Gasteiger partial charge in [0.15, 0.2) is 0 Å². The first kappa shape index (κ1) is 17.4. The molecular formula is C17H12BrN3O3. The third kappa shape index (κ3) is 4.27. The third-order valence-corrected chi connectivity index (χ3v) is 3.74. The Labute approximate surface area is 146 Å². The Morgan fingerprint density at radius 3 is 2.54 bits per heavy atom. The second-order valence-electron chi connectivity index (χ2n) is 4.93. The van der Waals surface area contributed by atoms with Crippen LogP contribution in [0.4, 0.5) is 11.4 Å². The number of nitriles is 1. The predicted molar refractivity (Wildman–Crippen MR) is 94.2 cm³/mol. The van der Waals surface area contributed by atoms with Crippen LogP contribution in [0.1, 0.15) is 11.1 Å². The van der Waals surface area contributed by atoms with Gasteiger partial charge in [-0.15, -0.1) is 0 Å². The maximum absolute atomic E-state index is 12.2. The van der Waals surface area contributed by atoms with Crippen molar-refractivity contribution in [2.45, 2.75) is 6.92 Å². The van der Waals surface area contributed by atoms with Gasteiger partial charge in [0.05, 0.1) is 4.92 Å². The molecule has 24 heavy (non-hydrogen) atoms. The molecule has 120 valence electrons. The van der Waals surface area contributed by atoms with Crippen molar-refractivity contribution in [1.82, 2.24) is 0 Å². The number of aryl methyl sites for hydroxylation is 1. The van der Waals surface area contributed by atoms with E-state index in [2.05, 4.69) is 21.2 Å². The number of anilines is 1. The van der Waals surface area contributed by atoms with E-state index < -0.39 is 10.8 Å². The molecule has 0 fully saturated rings. The first-order valence-corrected chi connectivity index (χ1v) is 7.64. The number of benzene rings is 2. The quantitative estimate of drug-likeness (QED) is 0.368. The number of carbonyl (C=O) groups is 1. The second kappa shape index (κ2) is 7.53. The van der Waals surface area contributed by atoms with Gasteiger partial charge in [-0.2, -0.15) is 5.26 Å². The van der Waals surface area contributed by atoms with Crippen LogP contribution in [-0.2, 0) is 4.79 Å². The van der Waals surface area contributed by atoms with E-state index in [1.165, 1.54) is 12.1 Å². The van der Waals surface area contributed by atoms with E-state index in [0.717, 1.165) is 4.47 Å². The van der Waals surface area contributed by atoms with Gasteiger partial charge in [-0.05, 0) is 42.8 Å². The molecule has 0 radical (unpaired) electrons. The molecule has 2 rings (SSSR count). The first-order chi connectivity index (χ1) is 11.4. The Morgan fingerprint density at radius 1 is 1.29 bits per heavy atom. The summed E-state index contributed by atoms with van der Waals surface area (Å²) in [6.45, 7) is 1.62. The van der Waals surface area contributed by atoms with Gasteiger partial charge in [0.1, 0.15) is 11.6 Å². The molecule has 0 aliphatic rings. The molecular weight excluding hydrogens is 374 g/mol. The Balaban J connectivity index is 2.27. The second-order valence-corrected chi connectivity index (χ2v) is 5.85. The number of nitrogens with one attached hydrogen (secondary N) is 1. The fourth-order valence-corrected chi connectivity index (χ4v) is 2.22. The summed E-state index contributed by atoms with van der Waals surface area (Å²) in [5, 5.41) is 22.8. The Kier molecular flexibility index (Phi) is 5.45. The minimum Gasteiger partial charge on any atom is -0.321 e. The van der Waals surface area contributed by atoms with Gasteiger partial charge in [0.25, 0.3) is 11.6 Å². The van der Waals surface area contributed by atoms with Crippen molar-refractivity contribution >= 4 is 39.3 Å². The molecule has 2 aromatic carbocycles. The number of rotatable bonds is 4. The van der Waals surface area contributed by atoms with Crippen molar-refractivity contribution in [1.29, 1.82) is 5.26 Å². The van der Waals surface area contributed by atoms with Crippen LogP contribution < -0.4 is 5.32 Å². The van der Waals surface area contributed by atoms with Crippen LogP contribution in [0.15, 0.2) is 52.5 Å². The fourth-order valence-electron chi connectivity index (χ4n) is 1.96. The van der Waals surface area contributed by atoms with Gasteiger partial charge in [-0.3, -0.25) is 14.9 Å². The summed E-state index contributed by atoms with van der Waals surface area (Å²) in [7, 11) is 0. The van der Waals surface area contributed by atoms with Crippen molar-refractivity contribution in [3.05, 3.63) is 73.8 Å². The minimum absolute atomic E-state index is 0.0608. The summed E-state index contributed by atoms with van der Waals surface area (Å²) in [6, 6.07) is 13.2. The zero-order valence-corrected chi connectivity index (χ0v) is 14.2. The zero-order valence-electron chi connectivity index (χ0n) is 12.6. The molecule has 0 saturated carbocycles. The summed E-state index contributed by atoms with van der Waals surface area (Å²) in [4.78, 5) is 22.6. The highest BCUT2D eigenvalue weighted by Gasteiger charge is 2.13. The van der Waals surface area contributed by atoms with E-state index in [9.17, 15) is 20.2 Å². The topological polar surface area (TPSA) is 96.0 Å². The highest BCUT2D eigenvalue weighted by Crippen LogP contribution is 2.21. The number of nitrogens with zero attached hydrogens (tertiary/aromatic N) is 2. The first-order valence-electron chi connectivity index (χ1n) is 6.84. The van der Waals surface area contributed by atoms with E-state index in [4.69, 9.17) is 0 Å². The molecule has 0 bridgehead atoms. The van der Waals surface area contributed by atoms with Gasteiger partial charge in [-0.1, -0.05) is 28.1 Å². The summed E-state index contributed by atoms with van der Waals surface area (Å²) in [6.07, 6.45) is 1.32. The van der Waals surface area contributed by atoms with Crippen molar-refractivity contribution in [2.24, 2.45) is 0 Å². The smallest absolute Gasteiger partial charge is 0.272 e. The van der Waals surface area contributed by atoms with E-state index in [1.807, 2.05) is 6.07 Å². The number of carbonyl (C=O) groups excluding carboxylic acids is 1. The highest BCUT2D eigenvalue weighted by molar-refractivity contribution is 9.10. The van der Waals surface area contributed by atoms with Gasteiger partial charge in [0.2, 0.25) is 0 Å². The molecule has 2 aromatic rings. The molecule has 0 unspecified atom stereocenters. The normalized spacial score (nSPS) is 10.8. The number of nitro benzene ring substituents is 1. The molecule has 0 saturated heterocycles. The van der Waals surface area contributed by atoms with Crippen molar-refractivity contribution in [3.8, 4) is 6.07 Å². The van der Waals surface area contributed by atoms with Crippen molar-refractivity contribution < 1.29 is 9.72 Å². The number of hydrogen-bond donors (Lipinski definition) is 1. The average Bonchev–Trinajstić information content (AvgIpc) is 2.55. The molecule has 7 heteroatoms. The molecule has 0 atom stereocenters. The van der Waals surface area contributed by atoms with Crippen LogP contribution in [0.5, 0.6) is 0 Å². The number of halogens is 1. The zero-order chi connectivity index (χ0) is 17.7. The van der Waals surface area contributed by atoms with E-state index in [-0.39, 0.29) is 11.3 Å². The van der Waals surface area contributed by atoms with Crippen LogP contribution in [0.3, 0.4) is 0 Å². The maximum atomic E-state index is 12.2. The van der Waals surface area contributed by atoms with E-state index >= 15 is 0 Å². The maximum Gasteiger partial charge on any atom is 0.272 e. The molecule has 0 spiro atoms. The number of hydrogen-bond acceptors (Lipinski definition) is 4. The molecule has 0 aliphatic heterocycles. The minimum atomic E-state index is -0.581. The van der Waals surface area contributed by atoms with Gasteiger partial charge in [0, 0.05) is 21.8 Å². The van der Waals surface area contributed by atoms with E-state index in [1.54, 1.807) is 43.3 Å². The lowest BCUT2D eigenvalue weighted by Gasteiger charge is -2.04. The SMILES string of the molecule is Cc1ccc(/C=C(/C#N)C(=O)Nc2ccc(Br)cc2)cc1[N+](=O)[O-]. The van der Waals surface area contributed by atoms with Crippen molar-refractivity contribution in [3.63, 3.8) is 0 Å². The summed E-state index contributed by atoms with van der Waals surface area (Å²) >= 11 is 3.29. The summed E-state index contributed by atoms with van der Waals surface area (Å²) < 4.78 is 0.864.